The van der Waals surface area contributed by atoms with Crippen molar-refractivity contribution in [2.75, 3.05) is 6.54 Å². The van der Waals surface area contributed by atoms with Crippen molar-refractivity contribution in [1.29, 1.82) is 0 Å². The Labute approximate surface area is 176 Å². The number of fused-ring (bicyclic) bond motifs is 1. The minimum Gasteiger partial charge on any atom is -0.345 e. The van der Waals surface area contributed by atoms with Gasteiger partial charge in [-0.05, 0) is 41.4 Å². The molecule has 0 aliphatic heterocycles. The van der Waals surface area contributed by atoms with Crippen LogP contribution in [0, 0.1) is 0 Å². The molecule has 2 aromatic carbocycles. The topological polar surface area (TPSA) is 229 Å². The van der Waals surface area contributed by atoms with Gasteiger partial charge in [0.2, 0.25) is 25.9 Å². The predicted octanol–water partition coefficient (Wildman–Crippen LogP) is -0.794. The van der Waals surface area contributed by atoms with Gasteiger partial charge in [-0.1, -0.05) is 12.1 Å². The lowest BCUT2D eigenvalue weighted by Gasteiger charge is -2.19. The van der Waals surface area contributed by atoms with Gasteiger partial charge in [-0.2, -0.15) is 5.21 Å². The van der Waals surface area contributed by atoms with Crippen LogP contribution in [0.5, 0.6) is 0 Å². The van der Waals surface area contributed by atoms with Crippen LogP contribution in [-0.2, 0) is 26.5 Å². The summed E-state index contributed by atoms with van der Waals surface area (Å²) in [5.41, 5.74) is 7.97. The number of hydrogen-bond acceptors (Lipinski definition) is 9. The molecule has 31 heavy (non-hydrogen) atoms. The molecule has 4 rings (SSSR count). The molecule has 0 amide bonds. The van der Waals surface area contributed by atoms with Gasteiger partial charge in [0.25, 0.3) is 0 Å². The van der Waals surface area contributed by atoms with Crippen LogP contribution in [0.15, 0.2) is 40.4 Å². The number of primary sulfonamides is 2. The third-order valence-corrected chi connectivity index (χ3v) is 6.68. The number of para-hydroxylation sites is 1. The van der Waals surface area contributed by atoms with Crippen LogP contribution in [-0.4, -0.2) is 54.0 Å². The highest BCUT2D eigenvalue weighted by Gasteiger charge is 2.33. The van der Waals surface area contributed by atoms with Gasteiger partial charge in [-0.15, -0.1) is 10.2 Å². The Balaban J connectivity index is 2.30. The van der Waals surface area contributed by atoms with Crippen molar-refractivity contribution in [2.24, 2.45) is 16.0 Å². The van der Waals surface area contributed by atoms with Crippen LogP contribution in [0.3, 0.4) is 0 Å². The van der Waals surface area contributed by atoms with E-state index >= 15 is 0 Å². The van der Waals surface area contributed by atoms with Gasteiger partial charge >= 0.3 is 0 Å². The number of nitrogens with zero attached hydrogens (tertiary/aromatic N) is 4. The lowest BCUT2D eigenvalue weighted by molar-refractivity contribution is 0.584. The first-order chi connectivity index (χ1) is 14.6. The molecule has 0 fully saturated rings. The number of aromatic amines is 2. The maximum Gasteiger partial charge on any atom is 0.240 e. The minimum absolute atomic E-state index is 0.133. The van der Waals surface area contributed by atoms with Gasteiger partial charge in [0.15, 0.2) is 0 Å². The van der Waals surface area contributed by atoms with Crippen molar-refractivity contribution in [3.63, 3.8) is 0 Å². The molecule has 0 atom stereocenters. The summed E-state index contributed by atoms with van der Waals surface area (Å²) in [6, 6.07) is 6.37. The van der Waals surface area contributed by atoms with Crippen molar-refractivity contribution in [2.45, 2.75) is 16.2 Å². The third kappa shape index (κ3) is 3.68. The van der Waals surface area contributed by atoms with Gasteiger partial charge in [-0.3, -0.25) is 0 Å². The molecule has 0 unspecified atom stereocenters. The fraction of sp³-hybridized carbons (Fsp3) is 0.125. The highest BCUT2D eigenvalue weighted by molar-refractivity contribution is 7.92. The third-order valence-electron chi connectivity index (χ3n) is 4.62. The number of nitrogens with one attached hydrogen (secondary N) is 2. The van der Waals surface area contributed by atoms with Gasteiger partial charge in [0.05, 0.1) is 22.9 Å². The zero-order chi connectivity index (χ0) is 22.4. The summed E-state index contributed by atoms with van der Waals surface area (Å²) in [5.74, 6) is -0.185. The maximum atomic E-state index is 12.6. The SMILES string of the molecule is NCCc1cc(S(N)(=O)=O)c(S(N)(=O)=O)c(-c2nn[nH]n2)c1-c1cccc2[nH]cnc12. The van der Waals surface area contributed by atoms with E-state index in [1.165, 1.54) is 6.33 Å². The van der Waals surface area contributed by atoms with Gasteiger partial charge < -0.3 is 10.7 Å². The second-order valence-electron chi connectivity index (χ2n) is 6.58. The van der Waals surface area contributed by atoms with Crippen LogP contribution in [0.2, 0.25) is 0 Å². The fourth-order valence-electron chi connectivity index (χ4n) is 3.50. The number of aromatic nitrogens is 6. The molecular formula is C16H17N9O4S2. The number of sulfonamides is 2. The largest absolute Gasteiger partial charge is 0.345 e. The van der Waals surface area contributed by atoms with Crippen molar-refractivity contribution in [1.82, 2.24) is 30.6 Å². The van der Waals surface area contributed by atoms with Crippen LogP contribution >= 0.6 is 0 Å². The van der Waals surface area contributed by atoms with Crippen LogP contribution < -0.4 is 16.0 Å². The smallest absolute Gasteiger partial charge is 0.240 e. The Morgan fingerprint density at radius 2 is 1.81 bits per heavy atom. The summed E-state index contributed by atoms with van der Waals surface area (Å²) in [5, 5.41) is 24.3. The normalized spacial score (nSPS) is 12.5. The van der Waals surface area contributed by atoms with E-state index in [2.05, 4.69) is 30.6 Å². The highest BCUT2D eigenvalue weighted by Crippen LogP contribution is 2.42. The molecule has 0 aliphatic carbocycles. The van der Waals surface area contributed by atoms with Gasteiger partial charge in [0.1, 0.15) is 9.79 Å². The Hall–Kier alpha value is -3.24. The zero-order valence-electron chi connectivity index (χ0n) is 15.8. The van der Waals surface area contributed by atoms with E-state index in [1.54, 1.807) is 18.2 Å². The van der Waals surface area contributed by atoms with Crippen molar-refractivity contribution in [3.8, 4) is 22.5 Å². The van der Waals surface area contributed by atoms with Crippen molar-refractivity contribution < 1.29 is 16.8 Å². The van der Waals surface area contributed by atoms with E-state index in [0.717, 1.165) is 6.07 Å². The monoisotopic (exact) mass is 463 g/mol. The van der Waals surface area contributed by atoms with E-state index in [0.29, 0.717) is 27.7 Å². The Morgan fingerprint density at radius 1 is 1.03 bits per heavy atom. The molecule has 0 saturated heterocycles. The standard InChI is InChI=1S/C16H17N9O4S2/c17-5-4-8-6-11(30(18,26)27)15(31(19,28)29)13(16-22-24-25-23-16)12(8)9-2-1-3-10-14(9)21-7-20-10/h1-3,6-7H,4-5,17H2,(H,20,21)(H2,18,26,27)(H2,19,28,29)(H,22,23,24,25). The quantitative estimate of drug-likeness (QED) is 0.241. The summed E-state index contributed by atoms with van der Waals surface area (Å²) in [7, 11) is -9.13. The van der Waals surface area contributed by atoms with Crippen LogP contribution in [0.4, 0.5) is 0 Å². The number of tetrazole rings is 1. The van der Waals surface area contributed by atoms with Crippen molar-refractivity contribution >= 4 is 31.1 Å². The number of imidazole rings is 1. The molecule has 4 aromatic rings. The summed E-state index contributed by atoms with van der Waals surface area (Å²) in [6.45, 7) is 0.133. The zero-order valence-corrected chi connectivity index (χ0v) is 17.4. The Morgan fingerprint density at radius 3 is 2.42 bits per heavy atom. The molecule has 0 saturated carbocycles. The first-order valence-electron chi connectivity index (χ1n) is 8.74. The minimum atomic E-state index is -4.62. The van der Waals surface area contributed by atoms with Gasteiger partial charge in [0, 0.05) is 5.56 Å². The average molecular weight is 464 g/mol. The predicted molar refractivity (Wildman–Crippen MR) is 110 cm³/mol. The van der Waals surface area contributed by atoms with E-state index in [9.17, 15) is 16.8 Å². The Bertz CT molecular complexity index is 1490. The second-order valence-corrected chi connectivity index (χ2v) is 9.61. The van der Waals surface area contributed by atoms with E-state index in [-0.39, 0.29) is 24.4 Å². The summed E-state index contributed by atoms with van der Waals surface area (Å²) >= 11 is 0. The van der Waals surface area contributed by atoms with Crippen molar-refractivity contribution in [3.05, 3.63) is 36.2 Å². The molecular weight excluding hydrogens is 446 g/mol. The molecule has 162 valence electrons. The molecule has 0 spiro atoms. The number of benzene rings is 2. The second kappa shape index (κ2) is 7.47. The van der Waals surface area contributed by atoms with E-state index < -0.39 is 29.8 Å². The molecule has 0 aliphatic rings. The number of hydrogen-bond donors (Lipinski definition) is 5. The van der Waals surface area contributed by atoms with Crippen LogP contribution in [0.1, 0.15) is 5.56 Å². The molecule has 0 radical (unpaired) electrons. The highest BCUT2D eigenvalue weighted by atomic mass is 32.2. The number of rotatable bonds is 6. The molecule has 2 aromatic heterocycles. The average Bonchev–Trinajstić information content (AvgIpc) is 3.37. The van der Waals surface area contributed by atoms with Crippen LogP contribution in [0.25, 0.3) is 33.5 Å². The van der Waals surface area contributed by atoms with E-state index in [4.69, 9.17) is 16.0 Å². The van der Waals surface area contributed by atoms with E-state index in [1.807, 2.05) is 0 Å². The molecule has 13 nitrogen and oxygen atoms in total. The summed E-state index contributed by atoms with van der Waals surface area (Å²) in [4.78, 5) is 5.86. The fourth-order valence-corrected chi connectivity index (χ4v) is 5.68. The lowest BCUT2D eigenvalue weighted by Crippen LogP contribution is -2.23. The molecule has 2 heterocycles. The Kier molecular flexibility index (Phi) is 5.06. The molecule has 15 heteroatoms. The summed E-state index contributed by atoms with van der Waals surface area (Å²) in [6.07, 6.45) is 1.67. The lowest BCUT2D eigenvalue weighted by atomic mass is 9.91. The van der Waals surface area contributed by atoms with Gasteiger partial charge in [-0.25, -0.2) is 32.1 Å². The summed E-state index contributed by atoms with van der Waals surface area (Å²) < 4.78 is 49.9. The first-order valence-corrected chi connectivity index (χ1v) is 11.8. The first kappa shape index (κ1) is 21.0. The number of H-pyrrole nitrogens is 2. The molecule has 0 bridgehead atoms. The maximum absolute atomic E-state index is 12.6. The molecule has 8 N–H and O–H groups in total. The number of nitrogens with two attached hydrogens (primary N) is 3.